The van der Waals surface area contributed by atoms with Crippen LogP contribution in [0.5, 0.6) is 0 Å². The van der Waals surface area contributed by atoms with Crippen LogP contribution in [0.25, 0.3) is 0 Å². The minimum Gasteiger partial charge on any atom is -0.404 e. The Kier molecular flexibility index (Phi) is 9.75. The lowest BCUT2D eigenvalue weighted by molar-refractivity contribution is -0.137. The minimum atomic E-state index is -4.59. The fourth-order valence-corrected chi connectivity index (χ4v) is 5.77. The highest BCUT2D eigenvalue weighted by molar-refractivity contribution is 6.34. The molecule has 2 aliphatic heterocycles. The molecule has 0 aromatic heterocycles. The Bertz CT molecular complexity index is 1640. The van der Waals surface area contributed by atoms with E-state index in [-0.39, 0.29) is 41.7 Å². The zero-order chi connectivity index (χ0) is 33.9. The number of rotatable bonds is 8. The number of hydrogen-bond acceptors (Lipinski definition) is 8. The molecule has 4 amide bonds. The average molecular weight is 678 g/mol. The summed E-state index contributed by atoms with van der Waals surface area (Å²) < 4.78 is 54.0. The van der Waals surface area contributed by atoms with Crippen LogP contribution < -0.4 is 26.6 Å². The Hall–Kier alpha value is -4.66. The number of nitrogens with two attached hydrogens (primary N) is 1. The first-order chi connectivity index (χ1) is 22.3. The number of imide groups is 1. The molecule has 1 aliphatic carbocycles. The lowest BCUT2D eigenvalue weighted by atomic mass is 9.76. The van der Waals surface area contributed by atoms with Gasteiger partial charge in [-0.3, -0.25) is 29.5 Å². The summed E-state index contributed by atoms with van der Waals surface area (Å²) in [6.45, 7) is 1.13. The van der Waals surface area contributed by atoms with Gasteiger partial charge in [0.25, 0.3) is 11.8 Å². The Morgan fingerprint density at radius 1 is 1.09 bits per heavy atom. The molecule has 2 heterocycles. The van der Waals surface area contributed by atoms with Crippen LogP contribution in [0.2, 0.25) is 5.02 Å². The van der Waals surface area contributed by atoms with Crippen molar-refractivity contribution in [3.05, 3.63) is 64.6 Å². The number of aliphatic imine (C=N–C) groups is 1. The standard InChI is InChI=1S/C31H32ClF4N7O4/c32-21-14-19(31(34,35)36)2-4-23(21)40-29(47)30(8-1-9-30)38-17-18(16-37)28(46)43-12-10-42(11-13-43)25-6-3-20(15-22(25)33)39-24-5-7-26(44)41-27(24)45/h2-4,6,14-17,24,39H,1,5,7-13,37H2,(H,40,47)(H,41,44,45). The Morgan fingerprint density at radius 3 is 2.38 bits per heavy atom. The first-order valence-corrected chi connectivity index (χ1v) is 15.3. The lowest BCUT2D eigenvalue weighted by Crippen LogP contribution is -2.50. The molecule has 2 aromatic carbocycles. The second kappa shape index (κ2) is 13.6. The molecule has 2 saturated heterocycles. The van der Waals surface area contributed by atoms with E-state index >= 15 is 4.39 Å². The van der Waals surface area contributed by atoms with Gasteiger partial charge in [-0.2, -0.15) is 13.2 Å². The number of amides is 4. The first kappa shape index (κ1) is 33.7. The number of halogens is 5. The van der Waals surface area contributed by atoms with E-state index < -0.39 is 46.9 Å². The highest BCUT2D eigenvalue weighted by atomic mass is 35.5. The zero-order valence-electron chi connectivity index (χ0n) is 25.0. The highest BCUT2D eigenvalue weighted by Crippen LogP contribution is 2.39. The summed E-state index contributed by atoms with van der Waals surface area (Å²) >= 11 is 6.00. The maximum Gasteiger partial charge on any atom is 0.416 e. The van der Waals surface area contributed by atoms with Crippen molar-refractivity contribution in [1.29, 1.82) is 0 Å². The van der Waals surface area contributed by atoms with Crippen LogP contribution >= 0.6 is 11.6 Å². The number of anilines is 3. The topological polar surface area (TPSA) is 149 Å². The van der Waals surface area contributed by atoms with Gasteiger partial charge in [0, 0.05) is 50.7 Å². The van der Waals surface area contributed by atoms with Gasteiger partial charge in [-0.05, 0) is 62.1 Å². The van der Waals surface area contributed by atoms with E-state index in [1.807, 2.05) is 0 Å². The molecule has 3 fully saturated rings. The van der Waals surface area contributed by atoms with Gasteiger partial charge in [0.1, 0.15) is 17.4 Å². The van der Waals surface area contributed by atoms with Gasteiger partial charge in [0.2, 0.25) is 11.8 Å². The monoisotopic (exact) mass is 677 g/mol. The number of nitrogens with one attached hydrogen (secondary N) is 3. The largest absolute Gasteiger partial charge is 0.416 e. The third kappa shape index (κ3) is 7.50. The number of piperazine rings is 1. The number of carbonyl (C=O) groups excluding carboxylic acids is 4. The number of hydrogen-bond donors (Lipinski definition) is 4. The summed E-state index contributed by atoms with van der Waals surface area (Å²) in [4.78, 5) is 57.5. The SMILES string of the molecule is NC=C(C=NC1(C(=O)Nc2ccc(C(F)(F)F)cc2Cl)CCC1)C(=O)N1CCN(c2ccc(NC3CCC(=O)NC3=O)cc2F)CC1. The fraction of sp³-hybridized carbons (Fsp3) is 0.387. The van der Waals surface area contributed by atoms with Gasteiger partial charge in [-0.1, -0.05) is 11.6 Å². The van der Waals surface area contributed by atoms with E-state index in [1.165, 1.54) is 17.2 Å². The molecule has 2 aromatic rings. The van der Waals surface area contributed by atoms with Crippen LogP contribution in [0.3, 0.4) is 0 Å². The fourth-order valence-electron chi connectivity index (χ4n) is 5.54. The normalized spacial score (nSPS) is 20.1. The summed E-state index contributed by atoms with van der Waals surface area (Å²) in [5.41, 5.74) is 4.34. The smallest absolute Gasteiger partial charge is 0.404 e. The molecule has 3 aliphatic rings. The molecule has 5 N–H and O–H groups in total. The van der Waals surface area contributed by atoms with Crippen LogP contribution in [-0.2, 0) is 25.4 Å². The van der Waals surface area contributed by atoms with Crippen LogP contribution in [0.1, 0.15) is 37.7 Å². The van der Waals surface area contributed by atoms with Crippen LogP contribution in [0.4, 0.5) is 34.6 Å². The molecule has 0 radical (unpaired) electrons. The van der Waals surface area contributed by atoms with Crippen LogP contribution in [-0.4, -0.2) is 72.5 Å². The van der Waals surface area contributed by atoms with E-state index in [9.17, 15) is 32.3 Å². The molecular formula is C31H32ClF4N7O4. The quantitative estimate of drug-likeness (QED) is 0.144. The van der Waals surface area contributed by atoms with Gasteiger partial charge >= 0.3 is 6.18 Å². The van der Waals surface area contributed by atoms with Gasteiger partial charge in [0.15, 0.2) is 0 Å². The summed E-state index contributed by atoms with van der Waals surface area (Å²) in [5, 5.41) is 7.47. The van der Waals surface area contributed by atoms with Gasteiger partial charge in [-0.25, -0.2) is 4.39 Å². The van der Waals surface area contributed by atoms with Crippen molar-refractivity contribution in [2.24, 2.45) is 10.7 Å². The Balaban J connectivity index is 1.17. The van der Waals surface area contributed by atoms with Crippen LogP contribution in [0.15, 0.2) is 53.2 Å². The van der Waals surface area contributed by atoms with Crippen molar-refractivity contribution >= 4 is 58.5 Å². The molecule has 5 rings (SSSR count). The predicted molar refractivity (Wildman–Crippen MR) is 167 cm³/mol. The predicted octanol–water partition coefficient (Wildman–Crippen LogP) is 3.84. The van der Waals surface area contributed by atoms with Crippen molar-refractivity contribution < 1.29 is 36.7 Å². The number of carbonyl (C=O) groups is 4. The molecule has 0 bridgehead atoms. The molecule has 250 valence electrons. The highest BCUT2D eigenvalue weighted by Gasteiger charge is 2.44. The van der Waals surface area contributed by atoms with E-state index in [1.54, 1.807) is 17.0 Å². The second-order valence-corrected chi connectivity index (χ2v) is 11.9. The molecule has 1 unspecified atom stereocenters. The molecule has 16 heteroatoms. The second-order valence-electron chi connectivity index (χ2n) is 11.5. The van der Waals surface area contributed by atoms with Crippen molar-refractivity contribution in [1.82, 2.24) is 10.2 Å². The van der Waals surface area contributed by atoms with E-state index in [0.717, 1.165) is 24.4 Å². The minimum absolute atomic E-state index is 0.00586. The van der Waals surface area contributed by atoms with E-state index in [0.29, 0.717) is 50.1 Å². The summed E-state index contributed by atoms with van der Waals surface area (Å²) in [7, 11) is 0. The number of benzene rings is 2. The van der Waals surface area contributed by atoms with Gasteiger partial charge in [0.05, 0.1) is 27.5 Å². The Labute approximate surface area is 272 Å². The number of alkyl halides is 3. The van der Waals surface area contributed by atoms with Crippen LogP contribution in [0, 0.1) is 5.82 Å². The summed E-state index contributed by atoms with van der Waals surface area (Å²) in [6, 6.07) is 6.48. The summed E-state index contributed by atoms with van der Waals surface area (Å²) in [5.74, 6) is -2.32. The maximum atomic E-state index is 15.1. The van der Waals surface area contributed by atoms with E-state index in [4.69, 9.17) is 17.3 Å². The molecule has 47 heavy (non-hydrogen) atoms. The van der Waals surface area contributed by atoms with Crippen molar-refractivity contribution in [3.63, 3.8) is 0 Å². The average Bonchev–Trinajstić information content (AvgIpc) is 3.00. The third-order valence-electron chi connectivity index (χ3n) is 8.46. The number of piperidine rings is 1. The Morgan fingerprint density at radius 2 is 1.81 bits per heavy atom. The van der Waals surface area contributed by atoms with Gasteiger partial charge in [-0.15, -0.1) is 0 Å². The van der Waals surface area contributed by atoms with E-state index in [2.05, 4.69) is 20.9 Å². The number of nitrogens with zero attached hydrogens (tertiary/aromatic N) is 3. The van der Waals surface area contributed by atoms with Crippen molar-refractivity contribution in [3.8, 4) is 0 Å². The summed E-state index contributed by atoms with van der Waals surface area (Å²) in [6.07, 6.45) is -0.392. The third-order valence-corrected chi connectivity index (χ3v) is 8.77. The molecule has 11 nitrogen and oxygen atoms in total. The zero-order valence-corrected chi connectivity index (χ0v) is 25.8. The molecule has 1 saturated carbocycles. The molecule has 0 spiro atoms. The molecular weight excluding hydrogens is 646 g/mol. The molecule has 1 atom stereocenters. The lowest BCUT2D eigenvalue weighted by Gasteiger charge is -2.37. The first-order valence-electron chi connectivity index (χ1n) is 14.9. The van der Waals surface area contributed by atoms with Gasteiger partial charge < -0.3 is 26.2 Å². The van der Waals surface area contributed by atoms with Crippen molar-refractivity contribution in [2.45, 2.75) is 49.9 Å². The maximum absolute atomic E-state index is 15.1. The van der Waals surface area contributed by atoms with Crippen molar-refractivity contribution in [2.75, 3.05) is 41.7 Å².